The Balaban J connectivity index is 1.31. The Labute approximate surface area is 217 Å². The van der Waals surface area contributed by atoms with Crippen molar-refractivity contribution < 1.29 is 18.6 Å². The molecule has 2 aromatic heterocycles. The molecule has 36 heavy (non-hydrogen) atoms. The van der Waals surface area contributed by atoms with Gasteiger partial charge in [0.05, 0.1) is 21.1 Å². The van der Waals surface area contributed by atoms with Crippen molar-refractivity contribution in [1.82, 2.24) is 4.98 Å². The monoisotopic (exact) mass is 563 g/mol. The third-order valence-electron chi connectivity index (χ3n) is 5.21. The van der Waals surface area contributed by atoms with Gasteiger partial charge in [0.2, 0.25) is 11.8 Å². The number of nitrogens with zero attached hydrogens (tertiary/aromatic N) is 2. The maximum atomic E-state index is 12.5. The van der Waals surface area contributed by atoms with Gasteiger partial charge in [0.15, 0.2) is 5.58 Å². The number of hydrogen-bond donors (Lipinski definition) is 1. The molecule has 1 N–H and O–H groups in total. The van der Waals surface area contributed by atoms with Gasteiger partial charge in [-0.15, -0.1) is 0 Å². The summed E-state index contributed by atoms with van der Waals surface area (Å²) in [6, 6.07) is 20.0. The highest BCUT2D eigenvalue weighted by atomic mass is 79.9. The van der Waals surface area contributed by atoms with Crippen LogP contribution in [0.1, 0.15) is 5.76 Å². The number of nitro groups is 1. The molecule has 2 heterocycles. The summed E-state index contributed by atoms with van der Waals surface area (Å²) in [6.45, 7) is 0. The highest BCUT2D eigenvalue weighted by Gasteiger charge is 2.17. The maximum absolute atomic E-state index is 12.5. The third kappa shape index (κ3) is 4.93. The van der Waals surface area contributed by atoms with Crippen LogP contribution in [0.5, 0.6) is 0 Å². The van der Waals surface area contributed by atoms with Crippen molar-refractivity contribution in [2.75, 3.05) is 5.32 Å². The first-order valence-electron chi connectivity index (χ1n) is 10.6. The predicted octanol–water partition coefficient (Wildman–Crippen LogP) is 7.73. The van der Waals surface area contributed by atoms with E-state index >= 15 is 0 Å². The van der Waals surface area contributed by atoms with Gasteiger partial charge >= 0.3 is 0 Å². The second-order valence-electron chi connectivity index (χ2n) is 7.62. The number of anilines is 1. The molecule has 0 fully saturated rings. The molecule has 0 aliphatic carbocycles. The SMILES string of the molecule is O=C(/C=C/c1ccc(-c2ccccc2[N+](=O)[O-])o1)Nc1ccc2oc(-c3cc(Br)ccc3Cl)nc2c1. The molecule has 0 saturated heterocycles. The number of carbonyl (C=O) groups is 1. The fraction of sp³-hybridized carbons (Fsp3) is 0. The number of aromatic nitrogens is 1. The summed E-state index contributed by atoms with van der Waals surface area (Å²) >= 11 is 9.69. The van der Waals surface area contributed by atoms with Crippen LogP contribution < -0.4 is 5.32 Å². The number of hydrogen-bond acceptors (Lipinski definition) is 6. The number of rotatable bonds is 6. The van der Waals surface area contributed by atoms with E-state index in [1.165, 1.54) is 18.2 Å². The van der Waals surface area contributed by atoms with E-state index in [4.69, 9.17) is 20.4 Å². The standard InChI is InChI=1S/C26H15BrClN3O5/c27-15-5-9-20(28)19(13-15)26-30-21-14-16(6-10-24(21)36-26)29-25(32)12-8-17-7-11-23(35-17)18-3-1-2-4-22(18)31(33)34/h1-14H,(H,29,32)/b12-8+. The number of para-hydroxylation sites is 1. The third-order valence-corrected chi connectivity index (χ3v) is 6.03. The fourth-order valence-electron chi connectivity index (χ4n) is 3.55. The van der Waals surface area contributed by atoms with Crippen molar-refractivity contribution in [1.29, 1.82) is 0 Å². The summed E-state index contributed by atoms with van der Waals surface area (Å²) in [5, 5.41) is 14.5. The van der Waals surface area contributed by atoms with Crippen molar-refractivity contribution in [3.8, 4) is 22.8 Å². The van der Waals surface area contributed by atoms with E-state index in [1.807, 2.05) is 12.1 Å². The molecular weight excluding hydrogens is 550 g/mol. The summed E-state index contributed by atoms with van der Waals surface area (Å²) in [7, 11) is 0. The summed E-state index contributed by atoms with van der Waals surface area (Å²) in [5.74, 6) is 0.685. The largest absolute Gasteiger partial charge is 0.456 e. The zero-order chi connectivity index (χ0) is 25.2. The predicted molar refractivity (Wildman–Crippen MR) is 141 cm³/mol. The van der Waals surface area contributed by atoms with Gasteiger partial charge in [0.25, 0.3) is 5.69 Å². The molecule has 0 unspecified atom stereocenters. The van der Waals surface area contributed by atoms with E-state index in [-0.39, 0.29) is 5.69 Å². The lowest BCUT2D eigenvalue weighted by Crippen LogP contribution is -2.07. The number of halogens is 2. The molecule has 0 atom stereocenters. The molecule has 0 aliphatic heterocycles. The first-order valence-corrected chi connectivity index (χ1v) is 11.7. The number of carbonyl (C=O) groups excluding carboxylic acids is 1. The maximum Gasteiger partial charge on any atom is 0.280 e. The Morgan fingerprint density at radius 1 is 1.03 bits per heavy atom. The van der Waals surface area contributed by atoms with Crippen molar-refractivity contribution >= 4 is 62.0 Å². The zero-order valence-corrected chi connectivity index (χ0v) is 20.6. The minimum absolute atomic E-state index is 0.0614. The lowest BCUT2D eigenvalue weighted by atomic mass is 10.1. The van der Waals surface area contributed by atoms with Gasteiger partial charge in [-0.25, -0.2) is 4.98 Å². The van der Waals surface area contributed by atoms with Gasteiger partial charge in [-0.3, -0.25) is 14.9 Å². The van der Waals surface area contributed by atoms with Crippen LogP contribution in [0.3, 0.4) is 0 Å². The van der Waals surface area contributed by atoms with E-state index in [2.05, 4.69) is 26.2 Å². The Hall–Kier alpha value is -4.21. The van der Waals surface area contributed by atoms with Crippen molar-refractivity contribution in [2.24, 2.45) is 0 Å². The first kappa shape index (κ1) is 23.5. The molecule has 0 aliphatic rings. The Morgan fingerprint density at radius 2 is 1.86 bits per heavy atom. The molecule has 0 bridgehead atoms. The zero-order valence-electron chi connectivity index (χ0n) is 18.3. The number of nitrogens with one attached hydrogen (secondary N) is 1. The van der Waals surface area contributed by atoms with Crippen molar-refractivity contribution in [3.63, 3.8) is 0 Å². The van der Waals surface area contributed by atoms with Gasteiger partial charge in [0, 0.05) is 22.3 Å². The van der Waals surface area contributed by atoms with Crippen LogP contribution in [-0.4, -0.2) is 15.8 Å². The lowest BCUT2D eigenvalue weighted by molar-refractivity contribution is -0.384. The number of furan rings is 1. The highest BCUT2D eigenvalue weighted by molar-refractivity contribution is 9.10. The Morgan fingerprint density at radius 3 is 2.69 bits per heavy atom. The van der Waals surface area contributed by atoms with Crippen LogP contribution in [0, 0.1) is 10.1 Å². The van der Waals surface area contributed by atoms with E-state index in [9.17, 15) is 14.9 Å². The summed E-state index contributed by atoms with van der Waals surface area (Å²) < 4.78 is 12.3. The van der Waals surface area contributed by atoms with Crippen LogP contribution in [0.2, 0.25) is 5.02 Å². The van der Waals surface area contributed by atoms with Crippen LogP contribution in [0.15, 0.2) is 92.2 Å². The molecule has 10 heteroatoms. The molecule has 8 nitrogen and oxygen atoms in total. The van der Waals surface area contributed by atoms with Gasteiger partial charge < -0.3 is 14.2 Å². The van der Waals surface area contributed by atoms with Crippen molar-refractivity contribution in [2.45, 2.75) is 0 Å². The number of fused-ring (bicyclic) bond motifs is 1. The Bertz CT molecular complexity index is 1660. The van der Waals surface area contributed by atoms with Gasteiger partial charge in [-0.2, -0.15) is 0 Å². The van der Waals surface area contributed by atoms with E-state index in [0.29, 0.717) is 50.3 Å². The molecule has 1 amide bonds. The van der Waals surface area contributed by atoms with Gasteiger partial charge in [-0.1, -0.05) is 39.7 Å². The molecular formula is C26H15BrClN3O5. The topological polar surface area (TPSA) is 111 Å². The number of oxazole rings is 1. The molecule has 178 valence electrons. The Kier molecular flexibility index (Phi) is 6.41. The van der Waals surface area contributed by atoms with Crippen LogP contribution in [-0.2, 0) is 4.79 Å². The number of amides is 1. The average molecular weight is 565 g/mol. The van der Waals surface area contributed by atoms with Crippen LogP contribution >= 0.6 is 27.5 Å². The second-order valence-corrected chi connectivity index (χ2v) is 8.95. The molecule has 5 aromatic rings. The van der Waals surface area contributed by atoms with Crippen LogP contribution in [0.4, 0.5) is 11.4 Å². The molecule has 0 saturated carbocycles. The quantitative estimate of drug-likeness (QED) is 0.128. The van der Waals surface area contributed by atoms with Gasteiger partial charge in [-0.05, 0) is 60.7 Å². The number of benzene rings is 3. The minimum atomic E-state index is -0.469. The van der Waals surface area contributed by atoms with Crippen LogP contribution in [0.25, 0.3) is 40.0 Å². The molecule has 3 aromatic carbocycles. The van der Waals surface area contributed by atoms with Crippen molar-refractivity contribution in [3.05, 3.63) is 104 Å². The smallest absolute Gasteiger partial charge is 0.280 e. The van der Waals surface area contributed by atoms with Gasteiger partial charge in [0.1, 0.15) is 17.0 Å². The summed E-state index contributed by atoms with van der Waals surface area (Å²) in [5.41, 5.74) is 2.58. The van der Waals surface area contributed by atoms with E-state index in [0.717, 1.165) is 4.47 Å². The summed E-state index contributed by atoms with van der Waals surface area (Å²) in [4.78, 5) is 27.7. The fourth-order valence-corrected chi connectivity index (χ4v) is 4.11. The van der Waals surface area contributed by atoms with E-state index in [1.54, 1.807) is 54.6 Å². The lowest BCUT2D eigenvalue weighted by Gasteiger charge is -2.01. The number of nitro benzene ring substituents is 1. The minimum Gasteiger partial charge on any atom is -0.456 e. The molecule has 5 rings (SSSR count). The second kappa shape index (κ2) is 9.80. The average Bonchev–Trinajstić information content (AvgIpc) is 3.51. The first-order chi connectivity index (χ1) is 17.4. The molecule has 0 radical (unpaired) electrons. The summed E-state index contributed by atoms with van der Waals surface area (Å²) in [6.07, 6.45) is 2.79. The normalized spacial score (nSPS) is 11.3. The van der Waals surface area contributed by atoms with E-state index < -0.39 is 10.8 Å². The highest BCUT2D eigenvalue weighted by Crippen LogP contribution is 2.33. The molecule has 0 spiro atoms.